The van der Waals surface area contributed by atoms with Crippen molar-refractivity contribution in [2.75, 3.05) is 0 Å². The smallest absolute Gasteiger partial charge is 0.329 e. The second-order valence-electron chi connectivity index (χ2n) is 1.70. The van der Waals surface area contributed by atoms with Crippen molar-refractivity contribution in [3.05, 3.63) is 12.3 Å². The molecule has 1 aliphatic rings. The minimum absolute atomic E-state index is 0.717. The minimum atomic E-state index is -1.52. The summed E-state index contributed by atoms with van der Waals surface area (Å²) in [6.07, 6.45) is 0. The van der Waals surface area contributed by atoms with Crippen LogP contribution in [-0.4, -0.2) is 39.3 Å². The van der Waals surface area contributed by atoms with E-state index >= 15 is 0 Å². The minimum Gasteiger partial charge on any atom is -0.425 e. The molecule has 0 unspecified atom stereocenters. The largest absolute Gasteiger partial charge is 0.425 e. The fraction of sp³-hybridized carbons (Fsp3) is 0. The zero-order valence-electron chi connectivity index (χ0n) is 5.62. The summed E-state index contributed by atoms with van der Waals surface area (Å²) in [5, 5.41) is 0. The monoisotopic (exact) mass is 210 g/mol. The molecule has 4 nitrogen and oxygen atoms in total. The fourth-order valence-corrected chi connectivity index (χ4v) is 8.53. The Hall–Kier alpha value is 0.448. The first-order valence-corrected chi connectivity index (χ1v) is 8.02. The van der Waals surface area contributed by atoms with E-state index in [0.717, 1.165) is 0 Å². The first-order valence-electron chi connectivity index (χ1n) is 2.95. The Kier molecular flexibility index (Phi) is 4.40. The van der Waals surface area contributed by atoms with Crippen LogP contribution in [0.5, 0.6) is 0 Å². The lowest BCUT2D eigenvalue weighted by molar-refractivity contribution is 0.336. The maximum Gasteiger partial charge on any atom is 0.329 e. The zero-order valence-corrected chi connectivity index (χ0v) is 11.0. The molecule has 1 saturated heterocycles. The quantitative estimate of drug-likeness (QED) is 0.433. The summed E-state index contributed by atoms with van der Waals surface area (Å²) in [6, 6.07) is 0. The van der Waals surface area contributed by atoms with Gasteiger partial charge in [0.15, 0.2) is 0 Å². The van der Waals surface area contributed by atoms with Crippen LogP contribution in [0.25, 0.3) is 0 Å². The van der Waals surface area contributed by atoms with Gasteiger partial charge >= 0.3 is 9.28 Å². The Morgan fingerprint density at radius 1 is 1.10 bits per heavy atom. The molecule has 8 heteroatoms. The van der Waals surface area contributed by atoms with Gasteiger partial charge in [-0.1, -0.05) is 5.70 Å². The van der Waals surface area contributed by atoms with E-state index in [9.17, 15) is 0 Å². The van der Waals surface area contributed by atoms with E-state index in [1.165, 1.54) is 0 Å². The van der Waals surface area contributed by atoms with Crippen molar-refractivity contribution in [3.63, 3.8) is 0 Å². The van der Waals surface area contributed by atoms with Crippen LogP contribution in [0.15, 0.2) is 12.3 Å². The topological polar surface area (TPSA) is 36.9 Å². The van der Waals surface area contributed by atoms with Gasteiger partial charge in [0.05, 0.1) is 0 Å². The average Bonchev–Trinajstić information content (AvgIpc) is 1.87. The lowest BCUT2D eigenvalue weighted by Gasteiger charge is -2.17. The van der Waals surface area contributed by atoms with Crippen LogP contribution in [0.4, 0.5) is 0 Å². The molecule has 0 N–H and O–H groups in total. The molecular formula is C2H10O4Si4. The molecule has 0 aromatic rings. The molecule has 0 aromatic carbocycles. The summed E-state index contributed by atoms with van der Waals surface area (Å²) >= 11 is 0. The zero-order chi connectivity index (χ0) is 7.23. The molecule has 0 amide bonds. The molecule has 1 fully saturated rings. The van der Waals surface area contributed by atoms with Crippen LogP contribution >= 0.6 is 0 Å². The van der Waals surface area contributed by atoms with E-state index in [4.69, 9.17) is 16.5 Å². The van der Waals surface area contributed by atoms with Crippen molar-refractivity contribution < 1.29 is 16.5 Å². The molecule has 0 atom stereocenters. The average molecular weight is 210 g/mol. The summed E-state index contributed by atoms with van der Waals surface area (Å²) in [5.41, 5.74) is 1.76. The van der Waals surface area contributed by atoms with Crippen molar-refractivity contribution >= 4 is 39.3 Å². The third-order valence-electron chi connectivity index (χ3n) is 0.990. The van der Waals surface area contributed by atoms with Crippen LogP contribution in [0.1, 0.15) is 0 Å². The van der Waals surface area contributed by atoms with Crippen molar-refractivity contribution in [2.24, 2.45) is 0 Å². The third-order valence-corrected chi connectivity index (χ3v) is 7.76. The predicted molar refractivity (Wildman–Crippen MR) is 47.3 cm³/mol. The summed E-state index contributed by atoms with van der Waals surface area (Å²) in [5.74, 6) is 0. The summed E-state index contributed by atoms with van der Waals surface area (Å²) in [4.78, 5) is 0. The first kappa shape index (κ1) is 8.54. The normalized spacial score (nSPS) is 35.8. The first-order chi connectivity index (χ1) is 4.93. The Morgan fingerprint density at radius 2 is 1.70 bits per heavy atom. The highest BCUT2D eigenvalue weighted by Crippen LogP contribution is 1.91. The van der Waals surface area contributed by atoms with Gasteiger partial charge in [0.25, 0.3) is 30.0 Å². The second kappa shape index (κ2) is 5.14. The van der Waals surface area contributed by atoms with Gasteiger partial charge in [-0.15, -0.1) is 6.58 Å². The van der Waals surface area contributed by atoms with E-state index in [1.807, 2.05) is 0 Å². The SMILES string of the molecule is C=C[SiH]1O[SiH2]O[SiH2]O[SiH2]O1. The van der Waals surface area contributed by atoms with Crippen molar-refractivity contribution in [1.29, 1.82) is 0 Å². The number of hydrogen-bond donors (Lipinski definition) is 0. The van der Waals surface area contributed by atoms with Crippen LogP contribution < -0.4 is 0 Å². The molecule has 0 spiro atoms. The van der Waals surface area contributed by atoms with Gasteiger partial charge in [0.1, 0.15) is 0 Å². The summed E-state index contributed by atoms with van der Waals surface area (Å²) in [7, 11) is -3.80. The molecule has 1 heterocycles. The molecule has 0 saturated carbocycles. The van der Waals surface area contributed by atoms with E-state index in [0.29, 0.717) is 0 Å². The van der Waals surface area contributed by atoms with Gasteiger partial charge in [-0.25, -0.2) is 0 Å². The molecular weight excluding hydrogens is 200 g/mol. The van der Waals surface area contributed by atoms with Gasteiger partial charge in [-0.05, 0) is 0 Å². The molecule has 1 rings (SSSR count). The highest BCUT2D eigenvalue weighted by atomic mass is 28.4. The summed E-state index contributed by atoms with van der Waals surface area (Å²) in [6.45, 7) is 3.61. The van der Waals surface area contributed by atoms with Crippen molar-refractivity contribution in [3.8, 4) is 0 Å². The lowest BCUT2D eigenvalue weighted by Crippen LogP contribution is -2.31. The molecule has 0 bridgehead atoms. The Balaban J connectivity index is 2.22. The Labute approximate surface area is 68.6 Å². The molecule has 0 radical (unpaired) electrons. The van der Waals surface area contributed by atoms with E-state index in [1.54, 1.807) is 5.70 Å². The highest BCUT2D eigenvalue weighted by Gasteiger charge is 2.10. The molecule has 0 aromatic heterocycles. The van der Waals surface area contributed by atoms with Crippen LogP contribution in [0.3, 0.4) is 0 Å². The van der Waals surface area contributed by atoms with Crippen LogP contribution in [0.2, 0.25) is 0 Å². The highest BCUT2D eigenvalue weighted by molar-refractivity contribution is 6.63. The van der Waals surface area contributed by atoms with Gasteiger partial charge in [0, 0.05) is 0 Å². The Bertz CT molecular complexity index is 101. The Morgan fingerprint density at radius 3 is 2.20 bits per heavy atom. The van der Waals surface area contributed by atoms with Crippen LogP contribution in [-0.2, 0) is 16.5 Å². The second-order valence-corrected chi connectivity index (χ2v) is 9.55. The maximum atomic E-state index is 5.34. The molecule has 0 aliphatic carbocycles. The van der Waals surface area contributed by atoms with Gasteiger partial charge < -0.3 is 16.5 Å². The standard InChI is InChI=1S/C2H10O4Si4/c1-2-10-5-8-3-7-4-9-6-10/h2,10H,1,7-9H2. The fourth-order valence-electron chi connectivity index (χ4n) is 0.542. The lowest BCUT2D eigenvalue weighted by atomic mass is 11.3. The van der Waals surface area contributed by atoms with Gasteiger partial charge in [-0.2, -0.15) is 0 Å². The van der Waals surface area contributed by atoms with E-state index < -0.39 is 39.3 Å². The molecule has 58 valence electrons. The van der Waals surface area contributed by atoms with E-state index in [2.05, 4.69) is 6.58 Å². The van der Waals surface area contributed by atoms with Gasteiger partial charge in [0.2, 0.25) is 0 Å². The van der Waals surface area contributed by atoms with Gasteiger partial charge in [-0.3, -0.25) is 0 Å². The van der Waals surface area contributed by atoms with Crippen molar-refractivity contribution in [1.82, 2.24) is 0 Å². The maximum absolute atomic E-state index is 5.34. The third kappa shape index (κ3) is 3.02. The predicted octanol–water partition coefficient (Wildman–Crippen LogP) is -2.99. The number of hydrogen-bond acceptors (Lipinski definition) is 4. The molecule has 1 aliphatic heterocycles. The van der Waals surface area contributed by atoms with Crippen molar-refractivity contribution in [2.45, 2.75) is 0 Å². The molecule has 10 heavy (non-hydrogen) atoms. The summed E-state index contributed by atoms with van der Waals surface area (Å²) < 4.78 is 21.0. The van der Waals surface area contributed by atoms with Crippen LogP contribution in [0, 0.1) is 0 Å². The number of rotatable bonds is 1. The van der Waals surface area contributed by atoms with E-state index in [-0.39, 0.29) is 0 Å².